The van der Waals surface area contributed by atoms with Crippen LogP contribution in [0.25, 0.3) is 17.2 Å². The predicted octanol–water partition coefficient (Wildman–Crippen LogP) is 2.09. The zero-order valence-corrected chi connectivity index (χ0v) is 14.2. The van der Waals surface area contributed by atoms with E-state index in [9.17, 15) is 9.18 Å². The van der Waals surface area contributed by atoms with Gasteiger partial charge in [0.2, 0.25) is 5.76 Å². The van der Waals surface area contributed by atoms with Gasteiger partial charge in [-0.3, -0.25) is 4.79 Å². The fraction of sp³-hybridized carbons (Fsp3) is 0.125. The van der Waals surface area contributed by atoms with Gasteiger partial charge in [0.05, 0.1) is 29.2 Å². The smallest absolute Gasteiger partial charge is 0.285 e. The third-order valence-corrected chi connectivity index (χ3v) is 4.03. The Hall–Kier alpha value is -3.20. The van der Waals surface area contributed by atoms with E-state index >= 15 is 0 Å². The number of carbonyl (C=O) groups excluding carboxylic acids is 1. The molecule has 1 aromatic carbocycles. The van der Waals surface area contributed by atoms with Crippen LogP contribution in [0.15, 0.2) is 42.6 Å². The van der Waals surface area contributed by atoms with Crippen molar-refractivity contribution in [2.75, 3.05) is 4.90 Å². The molecule has 132 valence electrons. The van der Waals surface area contributed by atoms with Crippen LogP contribution in [0.4, 0.5) is 10.1 Å². The molecule has 3 aromatic rings. The first-order chi connectivity index (χ1) is 12.4. The SMILES string of the molecule is CC1OC(C(N)=O)=CN1c1ccc(F)c(-c2nc3ncc(Cl)cn3n2)c1. The Labute approximate surface area is 151 Å². The number of primary amides is 1. The summed E-state index contributed by atoms with van der Waals surface area (Å²) >= 11 is 5.88. The number of anilines is 1. The van der Waals surface area contributed by atoms with Gasteiger partial charge < -0.3 is 15.4 Å². The van der Waals surface area contributed by atoms with Crippen molar-refractivity contribution in [3.63, 3.8) is 0 Å². The lowest BCUT2D eigenvalue weighted by Gasteiger charge is -2.21. The maximum Gasteiger partial charge on any atom is 0.285 e. The number of halogens is 2. The number of carbonyl (C=O) groups is 1. The topological polar surface area (TPSA) is 98.6 Å². The molecule has 1 atom stereocenters. The van der Waals surface area contributed by atoms with Crippen LogP contribution in [-0.2, 0) is 9.53 Å². The summed E-state index contributed by atoms with van der Waals surface area (Å²) in [6.07, 6.45) is 3.97. The van der Waals surface area contributed by atoms with Crippen LogP contribution in [0.5, 0.6) is 0 Å². The molecule has 3 heterocycles. The second-order valence-electron chi connectivity index (χ2n) is 5.60. The minimum atomic E-state index is -0.674. The fourth-order valence-electron chi connectivity index (χ4n) is 2.63. The maximum absolute atomic E-state index is 14.4. The number of benzene rings is 1. The molecule has 10 heteroatoms. The summed E-state index contributed by atoms with van der Waals surface area (Å²) in [5, 5.41) is 4.60. The van der Waals surface area contributed by atoms with Crippen molar-refractivity contribution in [3.05, 3.63) is 53.4 Å². The number of rotatable bonds is 3. The summed E-state index contributed by atoms with van der Waals surface area (Å²) < 4.78 is 21.1. The maximum atomic E-state index is 14.4. The summed E-state index contributed by atoms with van der Waals surface area (Å²) in [6, 6.07) is 4.41. The fourth-order valence-corrected chi connectivity index (χ4v) is 2.77. The van der Waals surface area contributed by atoms with Gasteiger partial charge in [-0.25, -0.2) is 13.9 Å². The number of hydrogen-bond donors (Lipinski definition) is 1. The molecule has 8 nitrogen and oxygen atoms in total. The molecule has 2 aromatic heterocycles. The van der Waals surface area contributed by atoms with Gasteiger partial charge in [0.1, 0.15) is 5.82 Å². The van der Waals surface area contributed by atoms with Crippen LogP contribution in [0.3, 0.4) is 0 Å². The number of amides is 1. The van der Waals surface area contributed by atoms with Crippen LogP contribution in [0.1, 0.15) is 6.92 Å². The van der Waals surface area contributed by atoms with Crippen LogP contribution >= 0.6 is 11.6 Å². The molecule has 2 N–H and O–H groups in total. The van der Waals surface area contributed by atoms with Crippen molar-refractivity contribution < 1.29 is 13.9 Å². The molecule has 0 fully saturated rings. The Morgan fingerprint density at radius 3 is 2.96 bits per heavy atom. The number of hydrogen-bond acceptors (Lipinski definition) is 6. The van der Waals surface area contributed by atoms with Crippen LogP contribution in [-0.4, -0.2) is 31.7 Å². The Bertz CT molecular complexity index is 1070. The molecule has 0 saturated carbocycles. The Morgan fingerprint density at radius 2 is 2.23 bits per heavy atom. The van der Waals surface area contributed by atoms with Gasteiger partial charge in [-0.15, -0.1) is 5.10 Å². The van der Waals surface area contributed by atoms with Crippen LogP contribution < -0.4 is 10.6 Å². The standard InChI is InChI=1S/C16H12ClFN6O2/c1-8-23(7-13(26-8)14(19)25)10-2-3-12(18)11(4-10)15-21-16-20-5-9(17)6-24(16)22-15/h2-8H,1H3,(H2,19,25). The summed E-state index contributed by atoms with van der Waals surface area (Å²) in [7, 11) is 0. The lowest BCUT2D eigenvalue weighted by molar-refractivity contribution is -0.118. The zero-order valence-electron chi connectivity index (χ0n) is 13.4. The van der Waals surface area contributed by atoms with Crippen molar-refractivity contribution >= 4 is 29.0 Å². The molecule has 0 saturated heterocycles. The number of aromatic nitrogens is 4. The molecular weight excluding hydrogens is 363 g/mol. The summed E-state index contributed by atoms with van der Waals surface area (Å²) in [6.45, 7) is 1.74. The second kappa shape index (κ2) is 5.95. The number of nitrogens with two attached hydrogens (primary N) is 1. The molecule has 0 radical (unpaired) electrons. The quantitative estimate of drug-likeness (QED) is 0.753. The van der Waals surface area contributed by atoms with Crippen molar-refractivity contribution in [3.8, 4) is 11.4 Å². The second-order valence-corrected chi connectivity index (χ2v) is 6.03. The highest BCUT2D eigenvalue weighted by atomic mass is 35.5. The van der Waals surface area contributed by atoms with Crippen molar-refractivity contribution in [1.29, 1.82) is 0 Å². The molecule has 1 aliphatic rings. The summed E-state index contributed by atoms with van der Waals surface area (Å²) in [5.41, 5.74) is 6.01. The number of ether oxygens (including phenoxy) is 1. The molecular formula is C16H12ClFN6O2. The van der Waals surface area contributed by atoms with E-state index < -0.39 is 18.0 Å². The summed E-state index contributed by atoms with van der Waals surface area (Å²) in [4.78, 5) is 21.2. The molecule has 1 aliphatic heterocycles. The monoisotopic (exact) mass is 374 g/mol. The third-order valence-electron chi connectivity index (χ3n) is 3.84. The van der Waals surface area contributed by atoms with E-state index in [4.69, 9.17) is 22.1 Å². The number of nitrogens with zero attached hydrogens (tertiary/aromatic N) is 5. The van der Waals surface area contributed by atoms with E-state index in [0.29, 0.717) is 16.5 Å². The van der Waals surface area contributed by atoms with Gasteiger partial charge in [-0.1, -0.05) is 11.6 Å². The highest BCUT2D eigenvalue weighted by Gasteiger charge is 2.27. The third kappa shape index (κ3) is 2.72. The normalized spacial score (nSPS) is 16.7. The number of fused-ring (bicyclic) bond motifs is 1. The molecule has 1 unspecified atom stereocenters. The Kier molecular flexibility index (Phi) is 3.73. The van der Waals surface area contributed by atoms with Gasteiger partial charge in [0.25, 0.3) is 11.7 Å². The van der Waals surface area contributed by atoms with Crippen LogP contribution in [0, 0.1) is 5.82 Å². The van der Waals surface area contributed by atoms with E-state index in [1.165, 1.54) is 29.2 Å². The largest absolute Gasteiger partial charge is 0.463 e. The van der Waals surface area contributed by atoms with E-state index in [0.717, 1.165) is 0 Å². The predicted molar refractivity (Wildman–Crippen MR) is 91.5 cm³/mol. The molecule has 26 heavy (non-hydrogen) atoms. The van der Waals surface area contributed by atoms with Crippen molar-refractivity contribution in [2.45, 2.75) is 13.2 Å². The minimum Gasteiger partial charge on any atom is -0.463 e. The van der Waals surface area contributed by atoms with Crippen molar-refractivity contribution in [1.82, 2.24) is 19.6 Å². The molecule has 0 spiro atoms. The van der Waals surface area contributed by atoms with E-state index in [1.54, 1.807) is 24.0 Å². The van der Waals surface area contributed by atoms with Gasteiger partial charge in [-0.2, -0.15) is 4.98 Å². The lowest BCUT2D eigenvalue weighted by Crippen LogP contribution is -2.24. The van der Waals surface area contributed by atoms with Gasteiger partial charge in [0, 0.05) is 5.69 Å². The molecule has 0 aliphatic carbocycles. The van der Waals surface area contributed by atoms with E-state index in [1.807, 2.05) is 0 Å². The van der Waals surface area contributed by atoms with Gasteiger partial charge in [-0.05, 0) is 25.1 Å². The zero-order chi connectivity index (χ0) is 18.4. The molecule has 0 bridgehead atoms. The first kappa shape index (κ1) is 16.3. The Balaban J connectivity index is 1.78. The summed E-state index contributed by atoms with van der Waals surface area (Å²) in [5.74, 6) is -0.684. The average Bonchev–Trinajstić information content (AvgIpc) is 3.18. The highest BCUT2D eigenvalue weighted by Crippen LogP contribution is 2.30. The van der Waals surface area contributed by atoms with Gasteiger partial charge in [0.15, 0.2) is 12.1 Å². The van der Waals surface area contributed by atoms with Crippen molar-refractivity contribution in [2.24, 2.45) is 5.73 Å². The van der Waals surface area contributed by atoms with E-state index in [-0.39, 0.29) is 17.1 Å². The first-order valence-corrected chi connectivity index (χ1v) is 7.94. The average molecular weight is 375 g/mol. The molecule has 4 rings (SSSR count). The first-order valence-electron chi connectivity index (χ1n) is 7.57. The minimum absolute atomic E-state index is 0.0353. The lowest BCUT2D eigenvalue weighted by atomic mass is 10.1. The van der Waals surface area contributed by atoms with E-state index in [2.05, 4.69) is 15.1 Å². The Morgan fingerprint density at radius 1 is 1.42 bits per heavy atom. The highest BCUT2D eigenvalue weighted by molar-refractivity contribution is 6.30. The molecule has 1 amide bonds. The van der Waals surface area contributed by atoms with Crippen LogP contribution in [0.2, 0.25) is 5.02 Å². The van der Waals surface area contributed by atoms with Gasteiger partial charge >= 0.3 is 0 Å².